The fourth-order valence-corrected chi connectivity index (χ4v) is 2.32. The average Bonchev–Trinajstić information content (AvgIpc) is 2.99. The van der Waals surface area contributed by atoms with E-state index in [9.17, 15) is 4.39 Å². The van der Waals surface area contributed by atoms with Crippen molar-refractivity contribution in [3.05, 3.63) is 30.0 Å². The molecule has 1 saturated heterocycles. The van der Waals surface area contributed by atoms with E-state index in [1.807, 2.05) is 0 Å². The van der Waals surface area contributed by atoms with Crippen molar-refractivity contribution < 1.29 is 13.7 Å². The number of hydrogen-bond donors (Lipinski definition) is 1. The largest absolute Gasteiger partial charge is 0.381 e. The van der Waals surface area contributed by atoms with Crippen LogP contribution in [0.1, 0.15) is 18.7 Å². The number of rotatable bonds is 3. The van der Waals surface area contributed by atoms with Gasteiger partial charge in [-0.1, -0.05) is 5.16 Å². The molecule has 0 atom stereocenters. The van der Waals surface area contributed by atoms with Crippen molar-refractivity contribution in [2.45, 2.75) is 18.3 Å². The van der Waals surface area contributed by atoms with E-state index in [0.717, 1.165) is 19.0 Å². The van der Waals surface area contributed by atoms with Crippen LogP contribution in [0.5, 0.6) is 0 Å². The SMILES string of the molecule is NCC1(c2nc(-c3ccc(F)cn3)no2)CCOCC1. The third-order valence-corrected chi connectivity index (χ3v) is 3.68. The molecule has 0 aliphatic carbocycles. The van der Waals surface area contributed by atoms with E-state index in [2.05, 4.69) is 15.1 Å². The summed E-state index contributed by atoms with van der Waals surface area (Å²) < 4.78 is 23.6. The Balaban J connectivity index is 1.91. The second kappa shape index (κ2) is 5.26. The first kappa shape index (κ1) is 13.1. The van der Waals surface area contributed by atoms with E-state index in [1.54, 1.807) is 0 Å². The normalized spacial score (nSPS) is 18.1. The maximum atomic E-state index is 12.9. The quantitative estimate of drug-likeness (QED) is 0.910. The summed E-state index contributed by atoms with van der Waals surface area (Å²) in [5.74, 6) is 0.448. The van der Waals surface area contributed by atoms with Gasteiger partial charge in [-0.25, -0.2) is 9.37 Å². The molecular weight excluding hydrogens is 263 g/mol. The van der Waals surface area contributed by atoms with Crippen LogP contribution >= 0.6 is 0 Å². The second-order valence-corrected chi connectivity index (χ2v) is 4.88. The maximum Gasteiger partial charge on any atom is 0.234 e. The van der Waals surface area contributed by atoms with Crippen molar-refractivity contribution in [2.24, 2.45) is 5.73 Å². The molecule has 2 aromatic heterocycles. The lowest BCUT2D eigenvalue weighted by atomic mass is 9.80. The molecule has 1 fully saturated rings. The molecular formula is C13H15FN4O2. The van der Waals surface area contributed by atoms with Crippen LogP contribution in [-0.4, -0.2) is 34.9 Å². The molecule has 0 unspecified atom stereocenters. The molecule has 0 spiro atoms. The van der Waals surface area contributed by atoms with Gasteiger partial charge in [0, 0.05) is 19.8 Å². The van der Waals surface area contributed by atoms with Gasteiger partial charge in [-0.15, -0.1) is 0 Å². The third-order valence-electron chi connectivity index (χ3n) is 3.68. The van der Waals surface area contributed by atoms with Gasteiger partial charge >= 0.3 is 0 Å². The summed E-state index contributed by atoms with van der Waals surface area (Å²) in [5, 5.41) is 3.92. The number of aromatic nitrogens is 3. The molecule has 106 valence electrons. The zero-order valence-electron chi connectivity index (χ0n) is 10.9. The molecule has 6 nitrogen and oxygen atoms in total. The van der Waals surface area contributed by atoms with Crippen LogP contribution in [0.2, 0.25) is 0 Å². The number of nitrogens with two attached hydrogens (primary N) is 1. The zero-order valence-corrected chi connectivity index (χ0v) is 10.9. The summed E-state index contributed by atoms with van der Waals surface area (Å²) in [6.45, 7) is 1.68. The van der Waals surface area contributed by atoms with Crippen molar-refractivity contribution in [1.29, 1.82) is 0 Å². The van der Waals surface area contributed by atoms with Crippen LogP contribution in [0.15, 0.2) is 22.9 Å². The van der Waals surface area contributed by atoms with Crippen molar-refractivity contribution in [3.8, 4) is 11.5 Å². The van der Waals surface area contributed by atoms with Gasteiger partial charge < -0.3 is 15.0 Å². The number of hydrogen-bond acceptors (Lipinski definition) is 6. The van der Waals surface area contributed by atoms with E-state index in [0.29, 0.717) is 37.2 Å². The Morgan fingerprint density at radius 3 is 2.75 bits per heavy atom. The van der Waals surface area contributed by atoms with Crippen LogP contribution in [-0.2, 0) is 10.2 Å². The molecule has 0 saturated carbocycles. The number of ether oxygens (including phenoxy) is 1. The van der Waals surface area contributed by atoms with E-state index in [1.165, 1.54) is 12.1 Å². The molecule has 0 amide bonds. The first-order chi connectivity index (χ1) is 9.73. The number of pyridine rings is 1. The molecule has 3 rings (SSSR count). The lowest BCUT2D eigenvalue weighted by molar-refractivity contribution is 0.0409. The topological polar surface area (TPSA) is 87.1 Å². The molecule has 3 heterocycles. The number of halogens is 1. The summed E-state index contributed by atoms with van der Waals surface area (Å²) in [7, 11) is 0. The molecule has 2 aromatic rings. The summed E-state index contributed by atoms with van der Waals surface area (Å²) in [6, 6.07) is 2.83. The Bertz CT molecular complexity index is 578. The molecule has 20 heavy (non-hydrogen) atoms. The van der Waals surface area contributed by atoms with Crippen LogP contribution in [0.4, 0.5) is 4.39 Å². The fraction of sp³-hybridized carbons (Fsp3) is 0.462. The smallest absolute Gasteiger partial charge is 0.234 e. The van der Waals surface area contributed by atoms with Crippen molar-refractivity contribution in [3.63, 3.8) is 0 Å². The van der Waals surface area contributed by atoms with Crippen molar-refractivity contribution in [2.75, 3.05) is 19.8 Å². The van der Waals surface area contributed by atoms with E-state index >= 15 is 0 Å². The summed E-state index contributed by atoms with van der Waals surface area (Å²) in [5.41, 5.74) is 6.03. The Morgan fingerprint density at radius 2 is 2.10 bits per heavy atom. The Hall–Kier alpha value is -1.86. The van der Waals surface area contributed by atoms with Gasteiger partial charge in [0.2, 0.25) is 11.7 Å². The predicted molar refractivity (Wildman–Crippen MR) is 68.3 cm³/mol. The monoisotopic (exact) mass is 278 g/mol. The van der Waals surface area contributed by atoms with Crippen LogP contribution in [0.25, 0.3) is 11.5 Å². The lowest BCUT2D eigenvalue weighted by Gasteiger charge is -2.32. The minimum absolute atomic E-state index is 0.330. The van der Waals surface area contributed by atoms with E-state index < -0.39 is 5.82 Å². The highest BCUT2D eigenvalue weighted by molar-refractivity contribution is 5.47. The van der Waals surface area contributed by atoms with E-state index in [-0.39, 0.29) is 5.41 Å². The van der Waals surface area contributed by atoms with Gasteiger partial charge in [-0.05, 0) is 25.0 Å². The maximum absolute atomic E-state index is 12.9. The molecule has 0 bridgehead atoms. The van der Waals surface area contributed by atoms with Crippen LogP contribution in [0.3, 0.4) is 0 Å². The molecule has 1 aliphatic rings. The first-order valence-corrected chi connectivity index (χ1v) is 6.47. The Labute approximate surface area is 115 Å². The highest BCUT2D eigenvalue weighted by atomic mass is 19.1. The second-order valence-electron chi connectivity index (χ2n) is 4.88. The molecule has 7 heteroatoms. The van der Waals surface area contributed by atoms with Crippen LogP contribution in [0, 0.1) is 5.82 Å². The summed E-state index contributed by atoms with van der Waals surface area (Å²) in [4.78, 5) is 8.32. The van der Waals surface area contributed by atoms with Gasteiger partial charge in [0.25, 0.3) is 0 Å². The highest BCUT2D eigenvalue weighted by Crippen LogP contribution is 2.33. The van der Waals surface area contributed by atoms with Gasteiger partial charge in [0.05, 0.1) is 11.6 Å². The van der Waals surface area contributed by atoms with Gasteiger partial charge in [0.1, 0.15) is 11.5 Å². The standard InChI is InChI=1S/C13H15FN4O2/c14-9-1-2-10(16-7-9)11-17-12(20-18-11)13(8-15)3-5-19-6-4-13/h1-2,7H,3-6,8,15H2. The Kier molecular flexibility index (Phi) is 3.45. The summed E-state index contributed by atoms with van der Waals surface area (Å²) >= 11 is 0. The third kappa shape index (κ3) is 2.30. The summed E-state index contributed by atoms with van der Waals surface area (Å²) in [6.07, 6.45) is 2.63. The first-order valence-electron chi connectivity index (χ1n) is 6.47. The molecule has 1 aliphatic heterocycles. The fourth-order valence-electron chi connectivity index (χ4n) is 2.32. The lowest BCUT2D eigenvalue weighted by Crippen LogP contribution is -2.40. The van der Waals surface area contributed by atoms with E-state index in [4.69, 9.17) is 15.0 Å². The van der Waals surface area contributed by atoms with Crippen LogP contribution < -0.4 is 5.73 Å². The Morgan fingerprint density at radius 1 is 1.30 bits per heavy atom. The highest BCUT2D eigenvalue weighted by Gasteiger charge is 2.38. The van der Waals surface area contributed by atoms with Gasteiger partial charge in [-0.2, -0.15) is 4.98 Å². The van der Waals surface area contributed by atoms with Crippen molar-refractivity contribution >= 4 is 0 Å². The predicted octanol–water partition coefficient (Wildman–Crippen LogP) is 1.28. The van der Waals surface area contributed by atoms with Gasteiger partial charge in [-0.3, -0.25) is 0 Å². The van der Waals surface area contributed by atoms with Crippen molar-refractivity contribution in [1.82, 2.24) is 15.1 Å². The number of nitrogens with zero attached hydrogens (tertiary/aromatic N) is 3. The molecule has 0 radical (unpaired) electrons. The van der Waals surface area contributed by atoms with Gasteiger partial charge in [0.15, 0.2) is 0 Å². The molecule has 0 aromatic carbocycles. The molecule has 2 N–H and O–H groups in total. The minimum atomic E-state index is -0.402. The average molecular weight is 278 g/mol. The minimum Gasteiger partial charge on any atom is -0.381 e. The zero-order chi connectivity index (χ0) is 14.0.